The lowest BCUT2D eigenvalue weighted by Crippen LogP contribution is -2.23. The largest absolute Gasteiger partial charge is 0.411 e. The van der Waals surface area contributed by atoms with Crippen molar-refractivity contribution >= 4 is 16.9 Å². The number of benzene rings is 2. The number of fused-ring (bicyclic) bond motifs is 1. The number of hydrogen-bond acceptors (Lipinski definition) is 3. The number of carbonyl (C=O) groups excluding carboxylic acids is 1. The lowest BCUT2D eigenvalue weighted by molar-refractivity contribution is -0.176. The molecule has 1 amide bonds. The van der Waals surface area contributed by atoms with Crippen molar-refractivity contribution in [2.45, 2.75) is 32.2 Å². The lowest BCUT2D eigenvalue weighted by atomic mass is 10.1. The summed E-state index contributed by atoms with van der Waals surface area (Å²) in [4.78, 5) is 19.6. The quantitative estimate of drug-likeness (QED) is 0.612. The molecule has 5 nitrogen and oxygen atoms in total. The van der Waals surface area contributed by atoms with Crippen molar-refractivity contribution in [2.75, 3.05) is 6.61 Å². The summed E-state index contributed by atoms with van der Waals surface area (Å²) in [6.07, 6.45) is -3.51. The van der Waals surface area contributed by atoms with Crippen molar-refractivity contribution in [3.63, 3.8) is 0 Å². The first kappa shape index (κ1) is 19.9. The number of nitrogens with one attached hydrogen (secondary N) is 2. The van der Waals surface area contributed by atoms with Crippen LogP contribution in [0.3, 0.4) is 0 Å². The number of aryl methyl sites for hydroxylation is 1. The minimum absolute atomic E-state index is 0.0990. The van der Waals surface area contributed by atoms with Crippen LogP contribution in [0.15, 0.2) is 48.5 Å². The second-order valence-electron chi connectivity index (χ2n) is 6.40. The van der Waals surface area contributed by atoms with Crippen LogP contribution in [-0.4, -0.2) is 28.7 Å². The summed E-state index contributed by atoms with van der Waals surface area (Å²) in [6.45, 7) is -1.03. The molecule has 8 heteroatoms. The van der Waals surface area contributed by atoms with Gasteiger partial charge in [-0.1, -0.05) is 36.4 Å². The van der Waals surface area contributed by atoms with Crippen LogP contribution in [0.2, 0.25) is 0 Å². The van der Waals surface area contributed by atoms with Crippen LogP contribution >= 0.6 is 0 Å². The minimum atomic E-state index is -4.33. The molecule has 2 aromatic carbocycles. The molecule has 1 heterocycles. The monoisotopic (exact) mass is 391 g/mol. The third-order valence-corrected chi connectivity index (χ3v) is 4.07. The van der Waals surface area contributed by atoms with E-state index in [0.29, 0.717) is 24.9 Å². The molecule has 0 saturated carbocycles. The van der Waals surface area contributed by atoms with E-state index in [9.17, 15) is 18.0 Å². The van der Waals surface area contributed by atoms with E-state index >= 15 is 0 Å². The zero-order valence-corrected chi connectivity index (χ0v) is 15.1. The summed E-state index contributed by atoms with van der Waals surface area (Å²) in [6, 6.07) is 14.6. The average molecular weight is 391 g/mol. The molecule has 0 unspecified atom stereocenters. The highest BCUT2D eigenvalue weighted by atomic mass is 19.4. The van der Waals surface area contributed by atoms with Crippen LogP contribution < -0.4 is 5.32 Å². The van der Waals surface area contributed by atoms with E-state index in [0.717, 1.165) is 22.4 Å². The molecule has 3 rings (SSSR count). The van der Waals surface area contributed by atoms with Crippen LogP contribution in [0.25, 0.3) is 11.0 Å². The molecular formula is C20H20F3N3O2. The number of carbonyl (C=O) groups is 1. The Morgan fingerprint density at radius 1 is 1.07 bits per heavy atom. The molecule has 3 aromatic rings. The van der Waals surface area contributed by atoms with E-state index < -0.39 is 12.8 Å². The van der Waals surface area contributed by atoms with Gasteiger partial charge in [-0.2, -0.15) is 13.2 Å². The number of alkyl halides is 3. The summed E-state index contributed by atoms with van der Waals surface area (Å²) in [5.74, 6) is 0.664. The van der Waals surface area contributed by atoms with Gasteiger partial charge in [-0.25, -0.2) is 4.98 Å². The first-order chi connectivity index (χ1) is 13.4. The van der Waals surface area contributed by atoms with Crippen LogP contribution in [0.1, 0.15) is 23.4 Å². The number of para-hydroxylation sites is 2. The van der Waals surface area contributed by atoms with Gasteiger partial charge < -0.3 is 15.0 Å². The van der Waals surface area contributed by atoms with Crippen molar-refractivity contribution < 1.29 is 22.7 Å². The van der Waals surface area contributed by atoms with E-state index in [2.05, 4.69) is 20.0 Å². The molecule has 0 atom stereocenters. The Hall–Kier alpha value is -2.87. The molecular weight excluding hydrogens is 371 g/mol. The van der Waals surface area contributed by atoms with Gasteiger partial charge in [-0.3, -0.25) is 4.79 Å². The maximum absolute atomic E-state index is 12.1. The number of imidazole rings is 1. The standard InChI is InChI=1S/C20H20F3N3O2/c21-20(22,23)13-28-12-15-7-5-14(6-8-15)11-24-19(27)10-9-18-25-16-3-1-2-4-17(16)26-18/h1-8H,9-13H2,(H,24,27)(H,25,26). The van der Waals surface area contributed by atoms with E-state index in [1.54, 1.807) is 24.3 Å². The summed E-state index contributed by atoms with van der Waals surface area (Å²) in [7, 11) is 0. The van der Waals surface area contributed by atoms with Crippen molar-refractivity contribution in [1.82, 2.24) is 15.3 Å². The van der Waals surface area contributed by atoms with Crippen LogP contribution in [0.5, 0.6) is 0 Å². The van der Waals surface area contributed by atoms with Crippen molar-refractivity contribution in [3.05, 3.63) is 65.5 Å². The van der Waals surface area contributed by atoms with Crippen LogP contribution in [0, 0.1) is 0 Å². The molecule has 0 fully saturated rings. The highest BCUT2D eigenvalue weighted by molar-refractivity contribution is 5.77. The maximum atomic E-state index is 12.1. The Balaban J connectivity index is 1.40. The van der Waals surface area contributed by atoms with Gasteiger partial charge in [0.15, 0.2) is 0 Å². The summed E-state index contributed by atoms with van der Waals surface area (Å²) >= 11 is 0. The topological polar surface area (TPSA) is 67.0 Å². The molecule has 0 spiro atoms. The van der Waals surface area contributed by atoms with Gasteiger partial charge in [0, 0.05) is 19.4 Å². The Morgan fingerprint density at radius 3 is 2.50 bits per heavy atom. The number of H-pyrrole nitrogens is 1. The number of rotatable bonds is 8. The lowest BCUT2D eigenvalue weighted by Gasteiger charge is -2.09. The van der Waals surface area contributed by atoms with E-state index in [1.165, 1.54) is 0 Å². The number of hydrogen-bond donors (Lipinski definition) is 2. The fourth-order valence-electron chi connectivity index (χ4n) is 2.68. The number of amides is 1. The normalized spacial score (nSPS) is 11.7. The second-order valence-corrected chi connectivity index (χ2v) is 6.40. The first-order valence-electron chi connectivity index (χ1n) is 8.82. The molecule has 28 heavy (non-hydrogen) atoms. The van der Waals surface area contributed by atoms with Crippen molar-refractivity contribution in [3.8, 4) is 0 Å². The van der Waals surface area contributed by atoms with E-state index in [-0.39, 0.29) is 12.5 Å². The number of aromatic nitrogens is 2. The predicted molar refractivity (Wildman–Crippen MR) is 98.4 cm³/mol. The number of aromatic amines is 1. The molecule has 1 aromatic heterocycles. The summed E-state index contributed by atoms with van der Waals surface area (Å²) in [5.41, 5.74) is 3.32. The highest BCUT2D eigenvalue weighted by Gasteiger charge is 2.27. The third-order valence-electron chi connectivity index (χ3n) is 4.07. The zero-order chi connectivity index (χ0) is 20.0. The van der Waals surface area contributed by atoms with Gasteiger partial charge in [0.25, 0.3) is 0 Å². The predicted octanol–water partition coefficient (Wildman–Crippen LogP) is 3.89. The van der Waals surface area contributed by atoms with Gasteiger partial charge in [0.2, 0.25) is 5.91 Å². The van der Waals surface area contributed by atoms with Crippen LogP contribution in [0.4, 0.5) is 13.2 Å². The van der Waals surface area contributed by atoms with Gasteiger partial charge in [0.05, 0.1) is 17.6 Å². The summed E-state index contributed by atoms with van der Waals surface area (Å²) < 4.78 is 40.8. The SMILES string of the molecule is O=C(CCc1nc2ccccc2[nH]1)NCc1ccc(COCC(F)(F)F)cc1. The van der Waals surface area contributed by atoms with Gasteiger partial charge in [0.1, 0.15) is 12.4 Å². The zero-order valence-electron chi connectivity index (χ0n) is 15.1. The average Bonchev–Trinajstić information content (AvgIpc) is 3.08. The molecule has 0 aliphatic heterocycles. The summed E-state index contributed by atoms with van der Waals surface area (Å²) in [5, 5.41) is 2.82. The Bertz CT molecular complexity index is 887. The number of ether oxygens (including phenoxy) is 1. The van der Waals surface area contributed by atoms with E-state index in [4.69, 9.17) is 0 Å². The molecule has 148 valence electrons. The van der Waals surface area contributed by atoms with E-state index in [1.807, 2.05) is 24.3 Å². The third kappa shape index (κ3) is 6.09. The molecule has 0 bridgehead atoms. The molecule has 2 N–H and O–H groups in total. The Kier molecular flexibility index (Phi) is 6.30. The Labute approximate surface area is 159 Å². The minimum Gasteiger partial charge on any atom is -0.367 e. The molecule has 0 saturated heterocycles. The highest BCUT2D eigenvalue weighted by Crippen LogP contribution is 2.16. The molecule has 0 radical (unpaired) electrons. The van der Waals surface area contributed by atoms with Gasteiger partial charge >= 0.3 is 6.18 Å². The van der Waals surface area contributed by atoms with Crippen LogP contribution in [-0.2, 0) is 29.1 Å². The molecule has 0 aliphatic rings. The smallest absolute Gasteiger partial charge is 0.367 e. The maximum Gasteiger partial charge on any atom is 0.411 e. The fourth-order valence-corrected chi connectivity index (χ4v) is 2.68. The van der Waals surface area contributed by atoms with Gasteiger partial charge in [-0.15, -0.1) is 0 Å². The second kappa shape index (κ2) is 8.88. The number of halogens is 3. The van der Waals surface area contributed by atoms with Gasteiger partial charge in [-0.05, 0) is 23.3 Å². The van der Waals surface area contributed by atoms with Crippen molar-refractivity contribution in [2.24, 2.45) is 0 Å². The Morgan fingerprint density at radius 2 is 1.79 bits per heavy atom. The fraction of sp³-hybridized carbons (Fsp3) is 0.300. The molecule has 0 aliphatic carbocycles. The number of nitrogens with zero attached hydrogens (tertiary/aromatic N) is 1. The first-order valence-corrected chi connectivity index (χ1v) is 8.82. The van der Waals surface area contributed by atoms with Crippen molar-refractivity contribution in [1.29, 1.82) is 0 Å².